The third kappa shape index (κ3) is 4.38. The average Bonchev–Trinajstić information content (AvgIpc) is 3.32. The van der Waals surface area contributed by atoms with Crippen molar-refractivity contribution in [1.82, 2.24) is 15.2 Å². The van der Waals surface area contributed by atoms with E-state index in [4.69, 9.17) is 8.94 Å². The molecule has 0 saturated carbocycles. The van der Waals surface area contributed by atoms with Crippen molar-refractivity contribution in [2.24, 2.45) is 0 Å². The lowest BCUT2D eigenvalue weighted by Crippen LogP contribution is -2.23. The summed E-state index contributed by atoms with van der Waals surface area (Å²) in [5.41, 5.74) is 1.64. The molecule has 136 valence electrons. The monoisotopic (exact) mass is 375 g/mol. The molecule has 8 nitrogen and oxygen atoms in total. The highest BCUT2D eigenvalue weighted by Crippen LogP contribution is 2.20. The first-order chi connectivity index (χ1) is 12.5. The number of benzene rings is 1. The number of rotatable bonds is 7. The maximum atomic E-state index is 12.1. The highest BCUT2D eigenvalue weighted by molar-refractivity contribution is 7.88. The van der Waals surface area contributed by atoms with Crippen LogP contribution in [0.1, 0.15) is 21.6 Å². The van der Waals surface area contributed by atoms with Crippen LogP contribution in [0, 0.1) is 0 Å². The highest BCUT2D eigenvalue weighted by atomic mass is 32.2. The normalized spacial score (nSPS) is 11.4. The second-order valence-electron chi connectivity index (χ2n) is 5.52. The predicted octanol–water partition coefficient (Wildman–Crippen LogP) is 1.91. The molecule has 2 aromatic heterocycles. The minimum atomic E-state index is -3.31. The number of nitrogens with one attached hydrogen (secondary N) is 2. The van der Waals surface area contributed by atoms with E-state index >= 15 is 0 Å². The third-order valence-electron chi connectivity index (χ3n) is 3.65. The van der Waals surface area contributed by atoms with E-state index < -0.39 is 10.0 Å². The van der Waals surface area contributed by atoms with Gasteiger partial charge in [0.25, 0.3) is 5.91 Å². The van der Waals surface area contributed by atoms with E-state index in [2.05, 4.69) is 15.2 Å². The Kier molecular flexibility index (Phi) is 5.19. The minimum Gasteiger partial charge on any atom is -0.461 e. The van der Waals surface area contributed by atoms with Gasteiger partial charge in [-0.1, -0.05) is 29.4 Å². The highest BCUT2D eigenvalue weighted by Gasteiger charge is 2.15. The van der Waals surface area contributed by atoms with Crippen molar-refractivity contribution in [3.05, 3.63) is 65.5 Å². The Balaban J connectivity index is 1.58. The molecular weight excluding hydrogens is 358 g/mol. The molecule has 9 heteroatoms. The maximum Gasteiger partial charge on any atom is 0.273 e. The summed E-state index contributed by atoms with van der Waals surface area (Å²) >= 11 is 0. The van der Waals surface area contributed by atoms with Crippen LogP contribution in [0.2, 0.25) is 0 Å². The quantitative estimate of drug-likeness (QED) is 0.652. The van der Waals surface area contributed by atoms with Gasteiger partial charge in [0.2, 0.25) is 15.8 Å². The summed E-state index contributed by atoms with van der Waals surface area (Å²) < 4.78 is 35.6. The molecule has 3 rings (SSSR count). The van der Waals surface area contributed by atoms with E-state index in [1.807, 2.05) is 0 Å². The molecule has 0 spiro atoms. The van der Waals surface area contributed by atoms with Crippen molar-refractivity contribution in [3.63, 3.8) is 0 Å². The summed E-state index contributed by atoms with van der Waals surface area (Å²) in [5, 5.41) is 6.46. The number of nitrogens with zero attached hydrogens (tertiary/aromatic N) is 1. The van der Waals surface area contributed by atoms with Crippen molar-refractivity contribution in [2.75, 3.05) is 7.05 Å². The standard InChI is InChI=1S/C17H17N3O5S/c1-18-26(22,23)11-13-6-4-12(5-7-13)10-19-17(21)14-9-16(25-20-14)15-3-2-8-24-15/h2-9,18H,10-11H2,1H3,(H,19,21). The molecular formula is C17H17N3O5S. The minimum absolute atomic E-state index is 0.0926. The summed E-state index contributed by atoms with van der Waals surface area (Å²) in [5.74, 6) is 0.386. The number of hydrogen-bond acceptors (Lipinski definition) is 6. The molecule has 0 atom stereocenters. The summed E-state index contributed by atoms with van der Waals surface area (Å²) in [4.78, 5) is 12.1. The van der Waals surface area contributed by atoms with Gasteiger partial charge < -0.3 is 14.3 Å². The van der Waals surface area contributed by atoms with Crippen LogP contribution in [0.5, 0.6) is 0 Å². The van der Waals surface area contributed by atoms with Gasteiger partial charge in [-0.25, -0.2) is 13.1 Å². The zero-order valence-electron chi connectivity index (χ0n) is 13.9. The molecule has 0 aliphatic heterocycles. The lowest BCUT2D eigenvalue weighted by Gasteiger charge is -2.06. The molecule has 2 N–H and O–H groups in total. The lowest BCUT2D eigenvalue weighted by atomic mass is 10.1. The molecule has 0 bridgehead atoms. The Hall–Kier alpha value is -2.91. The Morgan fingerprint density at radius 1 is 1.12 bits per heavy atom. The van der Waals surface area contributed by atoms with Crippen LogP contribution < -0.4 is 10.0 Å². The Morgan fingerprint density at radius 2 is 1.85 bits per heavy atom. The summed E-state index contributed by atoms with van der Waals surface area (Å²) in [6.07, 6.45) is 1.50. The molecule has 0 saturated heterocycles. The van der Waals surface area contributed by atoms with Gasteiger partial charge in [-0.3, -0.25) is 4.79 Å². The van der Waals surface area contributed by atoms with Gasteiger partial charge in [-0.05, 0) is 30.3 Å². The predicted molar refractivity (Wildman–Crippen MR) is 93.5 cm³/mol. The van der Waals surface area contributed by atoms with Crippen LogP contribution in [0.25, 0.3) is 11.5 Å². The zero-order valence-corrected chi connectivity index (χ0v) is 14.7. The van der Waals surface area contributed by atoms with Crippen LogP contribution in [-0.4, -0.2) is 26.5 Å². The van der Waals surface area contributed by atoms with E-state index in [1.54, 1.807) is 36.4 Å². The number of hydrogen-bond donors (Lipinski definition) is 2. The van der Waals surface area contributed by atoms with Crippen LogP contribution >= 0.6 is 0 Å². The fourth-order valence-electron chi connectivity index (χ4n) is 2.23. The van der Waals surface area contributed by atoms with E-state index in [9.17, 15) is 13.2 Å². The SMILES string of the molecule is CNS(=O)(=O)Cc1ccc(CNC(=O)c2cc(-c3ccco3)on2)cc1. The van der Waals surface area contributed by atoms with Crippen molar-refractivity contribution >= 4 is 15.9 Å². The molecule has 1 aromatic carbocycles. The molecule has 0 unspecified atom stereocenters. The number of aromatic nitrogens is 1. The van der Waals surface area contributed by atoms with Gasteiger partial charge in [0.05, 0.1) is 12.0 Å². The van der Waals surface area contributed by atoms with Gasteiger partial charge in [0.1, 0.15) is 0 Å². The smallest absolute Gasteiger partial charge is 0.273 e. The Labute approximate surface area is 150 Å². The number of amides is 1. The summed E-state index contributed by atoms with van der Waals surface area (Å²) in [6.45, 7) is 0.279. The summed E-state index contributed by atoms with van der Waals surface area (Å²) in [7, 11) is -1.93. The van der Waals surface area contributed by atoms with E-state index in [0.29, 0.717) is 17.1 Å². The number of sulfonamides is 1. The van der Waals surface area contributed by atoms with Gasteiger partial charge in [0, 0.05) is 12.6 Å². The average molecular weight is 375 g/mol. The fourth-order valence-corrected chi connectivity index (χ4v) is 3.01. The first-order valence-corrected chi connectivity index (χ1v) is 9.40. The summed E-state index contributed by atoms with van der Waals surface area (Å²) in [6, 6.07) is 11.9. The number of furan rings is 1. The van der Waals surface area contributed by atoms with Gasteiger partial charge in [-0.15, -0.1) is 0 Å². The van der Waals surface area contributed by atoms with Crippen LogP contribution in [0.15, 0.2) is 57.7 Å². The van der Waals surface area contributed by atoms with E-state index in [-0.39, 0.29) is 23.9 Å². The molecule has 0 radical (unpaired) electrons. The molecule has 26 heavy (non-hydrogen) atoms. The Bertz CT molecular complexity index is 976. The number of carbonyl (C=O) groups is 1. The van der Waals surface area contributed by atoms with Crippen molar-refractivity contribution in [3.8, 4) is 11.5 Å². The fraction of sp³-hybridized carbons (Fsp3) is 0.176. The van der Waals surface area contributed by atoms with Gasteiger partial charge >= 0.3 is 0 Å². The maximum absolute atomic E-state index is 12.1. The van der Waals surface area contributed by atoms with Gasteiger partial charge in [0.15, 0.2) is 11.5 Å². The molecule has 2 heterocycles. The second-order valence-corrected chi connectivity index (χ2v) is 7.44. The first kappa shape index (κ1) is 17.9. The van der Waals surface area contributed by atoms with Crippen LogP contribution in [-0.2, 0) is 22.3 Å². The van der Waals surface area contributed by atoms with Gasteiger partial charge in [-0.2, -0.15) is 0 Å². The van der Waals surface area contributed by atoms with Crippen molar-refractivity contribution in [1.29, 1.82) is 0 Å². The van der Waals surface area contributed by atoms with Crippen molar-refractivity contribution < 1.29 is 22.2 Å². The first-order valence-electron chi connectivity index (χ1n) is 7.75. The van der Waals surface area contributed by atoms with Crippen LogP contribution in [0.4, 0.5) is 0 Å². The zero-order chi connectivity index (χ0) is 18.6. The molecule has 1 amide bonds. The van der Waals surface area contributed by atoms with Crippen LogP contribution in [0.3, 0.4) is 0 Å². The molecule has 0 aliphatic carbocycles. The number of carbonyl (C=O) groups excluding carboxylic acids is 1. The second kappa shape index (κ2) is 7.54. The van der Waals surface area contributed by atoms with E-state index in [1.165, 1.54) is 19.4 Å². The largest absolute Gasteiger partial charge is 0.461 e. The topological polar surface area (TPSA) is 114 Å². The molecule has 0 fully saturated rings. The molecule has 0 aliphatic rings. The van der Waals surface area contributed by atoms with Crippen molar-refractivity contribution in [2.45, 2.75) is 12.3 Å². The lowest BCUT2D eigenvalue weighted by molar-refractivity contribution is 0.0942. The third-order valence-corrected chi connectivity index (χ3v) is 4.99. The molecule has 3 aromatic rings. The Morgan fingerprint density at radius 3 is 2.50 bits per heavy atom. The van der Waals surface area contributed by atoms with E-state index in [0.717, 1.165) is 5.56 Å².